The molecule has 0 fully saturated rings. The lowest BCUT2D eigenvalue weighted by molar-refractivity contribution is 0.101. The van der Waals surface area contributed by atoms with Crippen LogP contribution in [0.4, 0.5) is 4.79 Å². The van der Waals surface area contributed by atoms with E-state index in [2.05, 4.69) is 24.4 Å². The SMILES string of the molecule is CCCCCC[C@H](C)OC(=O)NCCc1ccccc1. The summed E-state index contributed by atoms with van der Waals surface area (Å²) in [6, 6.07) is 10.1. The number of carbonyl (C=O) groups excluding carboxylic acids is 1. The second-order valence-corrected chi connectivity index (χ2v) is 5.23. The summed E-state index contributed by atoms with van der Waals surface area (Å²) in [5.41, 5.74) is 1.22. The van der Waals surface area contributed by atoms with Crippen molar-refractivity contribution < 1.29 is 9.53 Å². The largest absolute Gasteiger partial charge is 0.447 e. The predicted octanol–water partition coefficient (Wildman–Crippen LogP) is 4.31. The fourth-order valence-electron chi connectivity index (χ4n) is 2.10. The van der Waals surface area contributed by atoms with Crippen molar-refractivity contribution in [1.29, 1.82) is 0 Å². The number of alkyl carbamates (subject to hydrolysis) is 1. The highest BCUT2D eigenvalue weighted by atomic mass is 16.6. The Morgan fingerprint density at radius 1 is 1.20 bits per heavy atom. The molecule has 1 N–H and O–H groups in total. The summed E-state index contributed by atoms with van der Waals surface area (Å²) >= 11 is 0. The van der Waals surface area contributed by atoms with Crippen molar-refractivity contribution >= 4 is 6.09 Å². The van der Waals surface area contributed by atoms with Crippen molar-refractivity contribution in [2.75, 3.05) is 6.54 Å². The van der Waals surface area contributed by atoms with E-state index in [0.29, 0.717) is 6.54 Å². The molecule has 1 amide bonds. The first-order valence-corrected chi connectivity index (χ1v) is 7.70. The summed E-state index contributed by atoms with van der Waals surface area (Å²) in [4.78, 5) is 11.6. The van der Waals surface area contributed by atoms with Crippen molar-refractivity contribution in [1.82, 2.24) is 5.32 Å². The minimum atomic E-state index is -0.302. The Morgan fingerprint density at radius 3 is 2.65 bits per heavy atom. The van der Waals surface area contributed by atoms with Crippen molar-refractivity contribution in [2.24, 2.45) is 0 Å². The van der Waals surface area contributed by atoms with E-state index in [-0.39, 0.29) is 12.2 Å². The monoisotopic (exact) mass is 277 g/mol. The van der Waals surface area contributed by atoms with Crippen molar-refractivity contribution in [3.05, 3.63) is 35.9 Å². The topological polar surface area (TPSA) is 38.3 Å². The Hall–Kier alpha value is -1.51. The number of benzene rings is 1. The summed E-state index contributed by atoms with van der Waals surface area (Å²) in [5.74, 6) is 0. The zero-order valence-corrected chi connectivity index (χ0v) is 12.7. The average Bonchev–Trinajstić information content (AvgIpc) is 2.45. The molecule has 112 valence electrons. The third kappa shape index (κ3) is 7.82. The molecule has 0 aromatic heterocycles. The minimum absolute atomic E-state index is 0.00332. The quantitative estimate of drug-likeness (QED) is 0.683. The van der Waals surface area contributed by atoms with E-state index in [0.717, 1.165) is 19.3 Å². The average molecular weight is 277 g/mol. The first-order valence-electron chi connectivity index (χ1n) is 7.70. The number of carbonyl (C=O) groups is 1. The van der Waals surface area contributed by atoms with Crippen LogP contribution in [0.1, 0.15) is 51.5 Å². The van der Waals surface area contributed by atoms with Crippen molar-refractivity contribution in [2.45, 2.75) is 58.5 Å². The van der Waals surface area contributed by atoms with Gasteiger partial charge in [-0.2, -0.15) is 0 Å². The molecular weight excluding hydrogens is 250 g/mol. The summed E-state index contributed by atoms with van der Waals surface area (Å²) in [6.07, 6.45) is 6.33. The van der Waals surface area contributed by atoms with Crippen LogP contribution in [0.25, 0.3) is 0 Å². The van der Waals surface area contributed by atoms with Crippen LogP contribution in [0.3, 0.4) is 0 Å². The molecule has 3 nitrogen and oxygen atoms in total. The van der Waals surface area contributed by atoms with E-state index in [1.165, 1.54) is 24.8 Å². The van der Waals surface area contributed by atoms with Gasteiger partial charge in [0.25, 0.3) is 0 Å². The minimum Gasteiger partial charge on any atom is -0.447 e. The number of nitrogens with one attached hydrogen (secondary N) is 1. The lowest BCUT2D eigenvalue weighted by Crippen LogP contribution is -2.29. The van der Waals surface area contributed by atoms with Gasteiger partial charge in [-0.15, -0.1) is 0 Å². The van der Waals surface area contributed by atoms with Gasteiger partial charge in [-0.25, -0.2) is 4.79 Å². The number of amides is 1. The first kappa shape index (κ1) is 16.5. The van der Waals surface area contributed by atoms with Gasteiger partial charge in [0.05, 0.1) is 0 Å². The van der Waals surface area contributed by atoms with E-state index in [1.807, 2.05) is 25.1 Å². The fraction of sp³-hybridized carbons (Fsp3) is 0.588. The van der Waals surface area contributed by atoms with E-state index in [9.17, 15) is 4.79 Å². The molecule has 3 heteroatoms. The summed E-state index contributed by atoms with van der Waals surface area (Å²) in [7, 11) is 0. The molecule has 1 aromatic carbocycles. The second kappa shape index (κ2) is 10.3. The van der Waals surface area contributed by atoms with Gasteiger partial charge in [0, 0.05) is 6.54 Å². The molecule has 0 aliphatic carbocycles. The molecule has 0 aliphatic rings. The zero-order valence-electron chi connectivity index (χ0n) is 12.7. The fourth-order valence-corrected chi connectivity index (χ4v) is 2.10. The molecule has 0 radical (unpaired) electrons. The molecule has 0 spiro atoms. The van der Waals surface area contributed by atoms with Gasteiger partial charge in [0.1, 0.15) is 6.10 Å². The van der Waals surface area contributed by atoms with Gasteiger partial charge in [-0.3, -0.25) is 0 Å². The smallest absolute Gasteiger partial charge is 0.407 e. The molecule has 1 rings (SSSR count). The van der Waals surface area contributed by atoms with Crippen LogP contribution >= 0.6 is 0 Å². The Morgan fingerprint density at radius 2 is 1.95 bits per heavy atom. The molecular formula is C17H27NO2. The second-order valence-electron chi connectivity index (χ2n) is 5.23. The van der Waals surface area contributed by atoms with Crippen LogP contribution in [-0.4, -0.2) is 18.7 Å². The van der Waals surface area contributed by atoms with Crippen molar-refractivity contribution in [3.63, 3.8) is 0 Å². The maximum atomic E-state index is 11.6. The van der Waals surface area contributed by atoms with E-state index >= 15 is 0 Å². The molecule has 1 atom stereocenters. The number of rotatable bonds is 9. The van der Waals surface area contributed by atoms with Crippen LogP contribution in [0.15, 0.2) is 30.3 Å². The molecule has 0 unspecified atom stereocenters. The third-order valence-corrected chi connectivity index (χ3v) is 3.30. The zero-order chi connectivity index (χ0) is 14.6. The van der Waals surface area contributed by atoms with E-state index in [1.54, 1.807) is 0 Å². The number of ether oxygens (including phenoxy) is 1. The van der Waals surface area contributed by atoms with Crippen LogP contribution < -0.4 is 5.32 Å². The predicted molar refractivity (Wildman–Crippen MR) is 82.9 cm³/mol. The maximum Gasteiger partial charge on any atom is 0.407 e. The number of hydrogen-bond donors (Lipinski definition) is 1. The van der Waals surface area contributed by atoms with Crippen LogP contribution in [-0.2, 0) is 11.2 Å². The molecule has 0 bridgehead atoms. The van der Waals surface area contributed by atoms with E-state index < -0.39 is 0 Å². The molecule has 0 heterocycles. The van der Waals surface area contributed by atoms with Gasteiger partial charge in [-0.1, -0.05) is 56.5 Å². The van der Waals surface area contributed by atoms with Gasteiger partial charge in [0.15, 0.2) is 0 Å². The van der Waals surface area contributed by atoms with Crippen molar-refractivity contribution in [3.8, 4) is 0 Å². The number of hydrogen-bond acceptors (Lipinski definition) is 2. The van der Waals surface area contributed by atoms with Gasteiger partial charge >= 0.3 is 6.09 Å². The third-order valence-electron chi connectivity index (χ3n) is 3.30. The van der Waals surface area contributed by atoms with Crippen LogP contribution in [0, 0.1) is 0 Å². The Bertz CT molecular complexity index is 365. The normalized spacial score (nSPS) is 11.9. The highest BCUT2D eigenvalue weighted by molar-refractivity contribution is 5.67. The lowest BCUT2D eigenvalue weighted by atomic mass is 10.1. The van der Waals surface area contributed by atoms with Crippen LogP contribution in [0.2, 0.25) is 0 Å². The molecule has 1 aromatic rings. The summed E-state index contributed by atoms with van der Waals surface area (Å²) in [5, 5.41) is 2.80. The standard InChI is InChI=1S/C17H27NO2/c1-3-4-5-7-10-15(2)20-17(19)18-14-13-16-11-8-6-9-12-16/h6,8-9,11-12,15H,3-5,7,10,13-14H2,1-2H3,(H,18,19)/t15-/m0/s1. The molecule has 0 saturated heterocycles. The number of unbranched alkanes of at least 4 members (excludes halogenated alkanes) is 3. The lowest BCUT2D eigenvalue weighted by Gasteiger charge is -2.13. The Balaban J connectivity index is 2.07. The van der Waals surface area contributed by atoms with E-state index in [4.69, 9.17) is 4.74 Å². The summed E-state index contributed by atoms with van der Waals surface area (Å²) < 4.78 is 5.32. The van der Waals surface area contributed by atoms with Gasteiger partial charge in [0.2, 0.25) is 0 Å². The molecule has 0 aliphatic heterocycles. The first-order chi connectivity index (χ1) is 9.72. The van der Waals surface area contributed by atoms with Gasteiger partial charge in [-0.05, 0) is 31.7 Å². The highest BCUT2D eigenvalue weighted by Crippen LogP contribution is 2.08. The molecule has 20 heavy (non-hydrogen) atoms. The maximum absolute atomic E-state index is 11.6. The highest BCUT2D eigenvalue weighted by Gasteiger charge is 2.08. The Labute approximate surface area is 122 Å². The van der Waals surface area contributed by atoms with Gasteiger partial charge < -0.3 is 10.1 Å². The Kier molecular flexibility index (Phi) is 8.52. The molecule has 0 saturated carbocycles. The summed E-state index contributed by atoms with van der Waals surface area (Å²) in [6.45, 7) is 4.77. The van der Waals surface area contributed by atoms with Crippen LogP contribution in [0.5, 0.6) is 0 Å².